The van der Waals surface area contributed by atoms with E-state index in [2.05, 4.69) is 0 Å². The Morgan fingerprint density at radius 2 is 2.15 bits per heavy atom. The van der Waals surface area contributed by atoms with E-state index in [-0.39, 0.29) is 0 Å². The highest BCUT2D eigenvalue weighted by atomic mass is 16.6. The van der Waals surface area contributed by atoms with Crippen molar-refractivity contribution < 1.29 is 9.15 Å². The van der Waals surface area contributed by atoms with Crippen LogP contribution in [0.4, 0.5) is 5.69 Å². The number of furan rings is 1. The molecule has 0 amide bonds. The molecule has 2 N–H and O–H groups in total. The fourth-order valence-electron chi connectivity index (χ4n) is 1.28. The Bertz CT molecular complexity index is 420. The molecule has 1 heterocycles. The van der Waals surface area contributed by atoms with Gasteiger partial charge in [0.05, 0.1) is 6.61 Å². The van der Waals surface area contributed by atoms with Gasteiger partial charge in [0.15, 0.2) is 0 Å². The molecule has 3 nitrogen and oxygen atoms in total. The van der Waals surface area contributed by atoms with Gasteiger partial charge in [-0.2, -0.15) is 0 Å². The molecule has 2 aromatic rings. The molecule has 0 radical (unpaired) electrons. The average Bonchev–Trinajstić information content (AvgIpc) is 2.46. The summed E-state index contributed by atoms with van der Waals surface area (Å²) in [6.07, 6.45) is 0. The third-order valence-electron chi connectivity index (χ3n) is 1.88. The molecular formula is C10H11NO2. The Balaban J connectivity index is 2.60. The van der Waals surface area contributed by atoms with Crippen LogP contribution in [0.1, 0.15) is 6.92 Å². The van der Waals surface area contributed by atoms with Gasteiger partial charge in [-0.15, -0.1) is 0 Å². The van der Waals surface area contributed by atoms with Gasteiger partial charge in [-0.05, 0) is 19.1 Å². The summed E-state index contributed by atoms with van der Waals surface area (Å²) in [5, 5.41) is 0.908. The fraction of sp³-hybridized carbons (Fsp3) is 0.200. The van der Waals surface area contributed by atoms with Gasteiger partial charge < -0.3 is 14.9 Å². The Hall–Kier alpha value is -1.64. The Morgan fingerprint density at radius 1 is 1.38 bits per heavy atom. The van der Waals surface area contributed by atoms with Crippen LogP contribution >= 0.6 is 0 Å². The monoisotopic (exact) mass is 177 g/mol. The number of nitrogen functional groups attached to an aromatic ring is 1. The van der Waals surface area contributed by atoms with E-state index in [0.29, 0.717) is 18.2 Å². The zero-order chi connectivity index (χ0) is 9.26. The van der Waals surface area contributed by atoms with E-state index in [1.54, 1.807) is 0 Å². The molecule has 0 saturated heterocycles. The molecule has 0 unspecified atom stereocenters. The molecule has 2 rings (SSSR count). The molecule has 0 aliphatic rings. The van der Waals surface area contributed by atoms with Crippen LogP contribution in [-0.2, 0) is 0 Å². The predicted molar refractivity (Wildman–Crippen MR) is 51.8 cm³/mol. The largest absolute Gasteiger partial charge is 0.464 e. The third-order valence-corrected chi connectivity index (χ3v) is 1.88. The SMILES string of the molecule is CCOc1oc2ccccc2c1N. The van der Waals surface area contributed by atoms with Gasteiger partial charge in [-0.3, -0.25) is 0 Å². The van der Waals surface area contributed by atoms with Gasteiger partial charge >= 0.3 is 5.95 Å². The minimum absolute atomic E-state index is 0.420. The molecule has 0 aliphatic carbocycles. The maximum absolute atomic E-state index is 5.81. The second-order valence-electron chi connectivity index (χ2n) is 2.73. The summed E-state index contributed by atoms with van der Waals surface area (Å²) in [6, 6.07) is 7.61. The number of rotatable bonds is 2. The van der Waals surface area contributed by atoms with Crippen LogP contribution in [-0.4, -0.2) is 6.61 Å². The van der Waals surface area contributed by atoms with E-state index in [1.165, 1.54) is 0 Å². The van der Waals surface area contributed by atoms with Crippen LogP contribution in [0.2, 0.25) is 0 Å². The van der Waals surface area contributed by atoms with Crippen molar-refractivity contribution in [1.82, 2.24) is 0 Å². The van der Waals surface area contributed by atoms with E-state index in [0.717, 1.165) is 11.0 Å². The maximum Gasteiger partial charge on any atom is 0.309 e. The van der Waals surface area contributed by atoms with Gasteiger partial charge in [0.1, 0.15) is 11.3 Å². The number of ether oxygens (including phenoxy) is 1. The van der Waals surface area contributed by atoms with Gasteiger partial charge in [-0.25, -0.2) is 0 Å². The highest BCUT2D eigenvalue weighted by molar-refractivity contribution is 5.92. The van der Waals surface area contributed by atoms with E-state index >= 15 is 0 Å². The summed E-state index contributed by atoms with van der Waals surface area (Å²) < 4.78 is 10.6. The molecule has 0 bridgehead atoms. The summed E-state index contributed by atoms with van der Waals surface area (Å²) in [4.78, 5) is 0. The highest BCUT2D eigenvalue weighted by Crippen LogP contribution is 2.33. The number of hydrogen-bond acceptors (Lipinski definition) is 3. The van der Waals surface area contributed by atoms with Gasteiger partial charge in [0, 0.05) is 5.39 Å². The number of anilines is 1. The normalized spacial score (nSPS) is 10.5. The molecule has 3 heteroatoms. The zero-order valence-corrected chi connectivity index (χ0v) is 7.41. The fourth-order valence-corrected chi connectivity index (χ4v) is 1.28. The van der Waals surface area contributed by atoms with Gasteiger partial charge in [0.25, 0.3) is 0 Å². The lowest BCUT2D eigenvalue weighted by Gasteiger charge is -1.96. The summed E-state index contributed by atoms with van der Waals surface area (Å²) in [5.74, 6) is 0.420. The molecule has 13 heavy (non-hydrogen) atoms. The molecule has 1 aromatic carbocycles. The Kier molecular flexibility index (Phi) is 1.85. The lowest BCUT2D eigenvalue weighted by molar-refractivity contribution is 0.267. The minimum atomic E-state index is 0.420. The first-order valence-electron chi connectivity index (χ1n) is 4.22. The number of fused-ring (bicyclic) bond motifs is 1. The van der Waals surface area contributed by atoms with Crippen molar-refractivity contribution in [3.63, 3.8) is 0 Å². The topological polar surface area (TPSA) is 48.4 Å². The molecule has 1 aromatic heterocycles. The lowest BCUT2D eigenvalue weighted by atomic mass is 10.2. The van der Waals surface area contributed by atoms with E-state index in [9.17, 15) is 0 Å². The van der Waals surface area contributed by atoms with E-state index in [1.807, 2.05) is 31.2 Å². The van der Waals surface area contributed by atoms with Crippen LogP contribution in [0.25, 0.3) is 11.0 Å². The second kappa shape index (κ2) is 3.01. The van der Waals surface area contributed by atoms with Crippen molar-refractivity contribution in [3.05, 3.63) is 24.3 Å². The highest BCUT2D eigenvalue weighted by Gasteiger charge is 2.10. The summed E-state index contributed by atoms with van der Waals surface area (Å²) >= 11 is 0. The van der Waals surface area contributed by atoms with Crippen molar-refractivity contribution in [3.8, 4) is 5.95 Å². The first-order valence-corrected chi connectivity index (χ1v) is 4.22. The first kappa shape index (κ1) is 7.98. The summed E-state index contributed by atoms with van der Waals surface area (Å²) in [6.45, 7) is 2.46. The van der Waals surface area contributed by atoms with Crippen molar-refractivity contribution >= 4 is 16.7 Å². The molecule has 0 fully saturated rings. The molecule has 0 atom stereocenters. The van der Waals surface area contributed by atoms with Crippen LogP contribution < -0.4 is 10.5 Å². The van der Waals surface area contributed by atoms with Gasteiger partial charge in [-0.1, -0.05) is 12.1 Å². The standard InChI is InChI=1S/C10H11NO2/c1-2-12-10-9(11)7-5-3-4-6-8(7)13-10/h3-6H,2,11H2,1H3. The Labute approximate surface area is 76.1 Å². The smallest absolute Gasteiger partial charge is 0.309 e. The number of nitrogens with two attached hydrogens (primary N) is 1. The summed E-state index contributed by atoms with van der Waals surface area (Å²) in [5.41, 5.74) is 7.15. The third kappa shape index (κ3) is 1.22. The molecule has 0 spiro atoms. The minimum Gasteiger partial charge on any atom is -0.464 e. The first-order chi connectivity index (χ1) is 6.33. The van der Waals surface area contributed by atoms with E-state index in [4.69, 9.17) is 14.9 Å². The summed E-state index contributed by atoms with van der Waals surface area (Å²) in [7, 11) is 0. The van der Waals surface area contributed by atoms with Crippen molar-refractivity contribution in [1.29, 1.82) is 0 Å². The maximum atomic E-state index is 5.81. The quantitative estimate of drug-likeness (QED) is 0.766. The van der Waals surface area contributed by atoms with Crippen LogP contribution in [0.3, 0.4) is 0 Å². The number of hydrogen-bond donors (Lipinski definition) is 1. The van der Waals surface area contributed by atoms with Gasteiger partial charge in [0.2, 0.25) is 0 Å². The van der Waals surface area contributed by atoms with Crippen molar-refractivity contribution in [2.45, 2.75) is 6.92 Å². The predicted octanol–water partition coefficient (Wildman–Crippen LogP) is 2.41. The average molecular weight is 177 g/mol. The van der Waals surface area contributed by atoms with Crippen molar-refractivity contribution in [2.24, 2.45) is 0 Å². The number of benzene rings is 1. The molecule has 0 aliphatic heterocycles. The van der Waals surface area contributed by atoms with E-state index < -0.39 is 0 Å². The molecule has 0 saturated carbocycles. The second-order valence-corrected chi connectivity index (χ2v) is 2.73. The van der Waals surface area contributed by atoms with Crippen molar-refractivity contribution in [2.75, 3.05) is 12.3 Å². The zero-order valence-electron chi connectivity index (χ0n) is 7.41. The Morgan fingerprint density at radius 3 is 2.85 bits per heavy atom. The molecule has 68 valence electrons. The van der Waals surface area contributed by atoms with Crippen LogP contribution in [0.5, 0.6) is 5.95 Å². The van der Waals surface area contributed by atoms with Crippen LogP contribution in [0, 0.1) is 0 Å². The molecular weight excluding hydrogens is 166 g/mol. The van der Waals surface area contributed by atoms with Crippen LogP contribution in [0.15, 0.2) is 28.7 Å². The lowest BCUT2D eigenvalue weighted by Crippen LogP contribution is -1.93. The number of para-hydroxylation sites is 1.